The molecule has 0 spiro atoms. The van der Waals surface area contributed by atoms with E-state index in [9.17, 15) is 13.2 Å². The van der Waals surface area contributed by atoms with Gasteiger partial charge in [-0.2, -0.15) is 0 Å². The van der Waals surface area contributed by atoms with Crippen LogP contribution in [0.4, 0.5) is 5.88 Å². The van der Waals surface area contributed by atoms with E-state index < -0.39 is 15.8 Å². The van der Waals surface area contributed by atoms with Crippen molar-refractivity contribution in [1.29, 1.82) is 0 Å². The van der Waals surface area contributed by atoms with Gasteiger partial charge in [-0.1, -0.05) is 35.5 Å². The van der Waals surface area contributed by atoms with E-state index in [4.69, 9.17) is 9.26 Å². The Labute approximate surface area is 133 Å². The summed E-state index contributed by atoms with van der Waals surface area (Å²) in [7, 11) is -1.77. The minimum absolute atomic E-state index is 0.00891. The number of carbonyl (C=O) groups excluding carboxylic acids is 1. The van der Waals surface area contributed by atoms with E-state index in [1.165, 1.54) is 7.11 Å². The predicted octanol–water partition coefficient (Wildman–Crippen LogP) is 1.73. The minimum atomic E-state index is -3.04. The highest BCUT2D eigenvalue weighted by molar-refractivity contribution is 7.91. The molecule has 0 radical (unpaired) electrons. The molecule has 1 aromatic carbocycles. The minimum Gasteiger partial charge on any atom is -0.465 e. The zero-order chi connectivity index (χ0) is 16.4. The summed E-state index contributed by atoms with van der Waals surface area (Å²) >= 11 is 0. The van der Waals surface area contributed by atoms with E-state index >= 15 is 0 Å². The molecule has 3 rings (SSSR count). The molecule has 1 atom stereocenters. The maximum Gasteiger partial charge on any atom is 0.345 e. The Balaban J connectivity index is 1.95. The largest absolute Gasteiger partial charge is 0.465 e. The normalized spacial score (nSPS) is 19.4. The highest BCUT2D eigenvalue weighted by atomic mass is 32.2. The van der Waals surface area contributed by atoms with Crippen LogP contribution in [0.2, 0.25) is 0 Å². The molecule has 122 valence electrons. The zero-order valence-corrected chi connectivity index (χ0v) is 13.3. The smallest absolute Gasteiger partial charge is 0.345 e. The van der Waals surface area contributed by atoms with Crippen LogP contribution in [-0.2, 0) is 14.6 Å². The van der Waals surface area contributed by atoms with Gasteiger partial charge in [0.15, 0.2) is 15.4 Å². The van der Waals surface area contributed by atoms with Crippen molar-refractivity contribution in [2.24, 2.45) is 0 Å². The molecule has 2 heterocycles. The Morgan fingerprint density at radius 3 is 2.70 bits per heavy atom. The quantitative estimate of drug-likeness (QED) is 0.849. The van der Waals surface area contributed by atoms with Crippen molar-refractivity contribution in [3.63, 3.8) is 0 Å². The number of ether oxygens (including phenoxy) is 1. The number of anilines is 1. The van der Waals surface area contributed by atoms with Crippen molar-refractivity contribution in [2.75, 3.05) is 23.9 Å². The molecule has 1 aliphatic heterocycles. The zero-order valence-electron chi connectivity index (χ0n) is 12.5. The van der Waals surface area contributed by atoms with Gasteiger partial charge in [0, 0.05) is 11.6 Å². The number of aromatic nitrogens is 1. The Kier molecular flexibility index (Phi) is 4.08. The van der Waals surface area contributed by atoms with Crippen LogP contribution in [0, 0.1) is 0 Å². The van der Waals surface area contributed by atoms with Crippen LogP contribution in [0.15, 0.2) is 34.9 Å². The molecule has 1 aliphatic rings. The van der Waals surface area contributed by atoms with E-state index in [0.717, 1.165) is 0 Å². The number of nitrogens with one attached hydrogen (secondary N) is 1. The van der Waals surface area contributed by atoms with Gasteiger partial charge in [0.2, 0.25) is 5.88 Å². The van der Waals surface area contributed by atoms with Crippen molar-refractivity contribution in [2.45, 2.75) is 12.5 Å². The van der Waals surface area contributed by atoms with Crippen LogP contribution in [0.25, 0.3) is 11.3 Å². The Hall–Kier alpha value is -2.35. The summed E-state index contributed by atoms with van der Waals surface area (Å²) in [5.41, 5.74) is 1.24. The van der Waals surface area contributed by atoms with E-state index in [0.29, 0.717) is 17.7 Å². The van der Waals surface area contributed by atoms with Gasteiger partial charge in [0.05, 0.1) is 18.6 Å². The lowest BCUT2D eigenvalue weighted by Gasteiger charge is -2.10. The van der Waals surface area contributed by atoms with Crippen molar-refractivity contribution in [3.8, 4) is 11.3 Å². The lowest BCUT2D eigenvalue weighted by atomic mass is 10.1. The van der Waals surface area contributed by atoms with E-state index in [2.05, 4.69) is 10.5 Å². The number of methoxy groups -OCH3 is 1. The number of esters is 1. The molecular formula is C15H16N2O5S. The molecule has 0 aliphatic carbocycles. The molecule has 1 aromatic heterocycles. The first-order valence-corrected chi connectivity index (χ1v) is 8.92. The lowest BCUT2D eigenvalue weighted by molar-refractivity contribution is 0.0602. The second kappa shape index (κ2) is 6.04. The van der Waals surface area contributed by atoms with Gasteiger partial charge in [0.25, 0.3) is 0 Å². The monoisotopic (exact) mass is 336 g/mol. The first-order valence-electron chi connectivity index (χ1n) is 7.10. The van der Waals surface area contributed by atoms with Gasteiger partial charge in [-0.15, -0.1) is 0 Å². The summed E-state index contributed by atoms with van der Waals surface area (Å²) in [6.07, 6.45) is 0.463. The Morgan fingerprint density at radius 1 is 1.35 bits per heavy atom. The molecule has 0 bridgehead atoms. The fourth-order valence-corrected chi connectivity index (χ4v) is 4.24. The third kappa shape index (κ3) is 3.21. The molecule has 1 fully saturated rings. The van der Waals surface area contributed by atoms with Gasteiger partial charge in [-0.3, -0.25) is 0 Å². The van der Waals surface area contributed by atoms with Crippen LogP contribution in [-0.4, -0.2) is 44.2 Å². The molecule has 7 nitrogen and oxygen atoms in total. The molecule has 1 saturated heterocycles. The third-order valence-corrected chi connectivity index (χ3v) is 5.46. The van der Waals surface area contributed by atoms with Gasteiger partial charge >= 0.3 is 5.97 Å². The molecule has 8 heteroatoms. The van der Waals surface area contributed by atoms with Gasteiger partial charge in [-0.05, 0) is 6.42 Å². The number of carbonyl (C=O) groups is 1. The second-order valence-corrected chi connectivity index (χ2v) is 7.57. The Morgan fingerprint density at radius 2 is 2.09 bits per heavy atom. The number of hydrogen-bond acceptors (Lipinski definition) is 7. The van der Waals surface area contributed by atoms with Crippen LogP contribution in [0.5, 0.6) is 0 Å². The van der Waals surface area contributed by atoms with Crippen molar-refractivity contribution in [1.82, 2.24) is 5.16 Å². The number of sulfone groups is 1. The average molecular weight is 336 g/mol. The molecular weight excluding hydrogens is 320 g/mol. The summed E-state index contributed by atoms with van der Waals surface area (Å²) in [6, 6.07) is 8.79. The van der Waals surface area contributed by atoms with Crippen LogP contribution < -0.4 is 5.32 Å². The summed E-state index contributed by atoms with van der Waals surface area (Å²) in [4.78, 5) is 12.1. The number of benzene rings is 1. The standard InChI is InChI=1S/C15H16N2O5S/c1-21-15(18)12-13(10-5-3-2-4-6-10)17-22-14(12)16-11-7-8-23(19,20)9-11/h2-6,11,16H,7-9H2,1H3/t11-/m1/s1. The van der Waals surface area contributed by atoms with Crippen LogP contribution >= 0.6 is 0 Å². The maximum absolute atomic E-state index is 12.1. The molecule has 23 heavy (non-hydrogen) atoms. The summed E-state index contributed by atoms with van der Waals surface area (Å²) < 4.78 is 33.2. The predicted molar refractivity (Wildman–Crippen MR) is 84.0 cm³/mol. The highest BCUT2D eigenvalue weighted by Gasteiger charge is 2.32. The molecule has 2 aromatic rings. The van der Waals surface area contributed by atoms with Gasteiger partial charge in [0.1, 0.15) is 5.69 Å². The second-order valence-electron chi connectivity index (χ2n) is 5.34. The molecule has 0 amide bonds. The first-order chi connectivity index (χ1) is 11.0. The van der Waals surface area contributed by atoms with Crippen LogP contribution in [0.1, 0.15) is 16.8 Å². The molecule has 0 saturated carbocycles. The highest BCUT2D eigenvalue weighted by Crippen LogP contribution is 2.30. The van der Waals surface area contributed by atoms with E-state index in [-0.39, 0.29) is 29.0 Å². The average Bonchev–Trinajstić information content (AvgIpc) is 3.11. The van der Waals surface area contributed by atoms with Crippen molar-refractivity contribution >= 4 is 21.7 Å². The first kappa shape index (κ1) is 15.5. The van der Waals surface area contributed by atoms with Crippen molar-refractivity contribution in [3.05, 3.63) is 35.9 Å². The number of hydrogen-bond donors (Lipinski definition) is 1. The molecule has 1 N–H and O–H groups in total. The lowest BCUT2D eigenvalue weighted by Crippen LogP contribution is -2.21. The number of rotatable bonds is 4. The maximum atomic E-state index is 12.1. The van der Waals surface area contributed by atoms with Gasteiger partial charge in [-0.25, -0.2) is 13.2 Å². The van der Waals surface area contributed by atoms with E-state index in [1.54, 1.807) is 12.1 Å². The Bertz CT molecular complexity index is 814. The number of nitrogens with zero attached hydrogens (tertiary/aromatic N) is 1. The van der Waals surface area contributed by atoms with Gasteiger partial charge < -0.3 is 14.6 Å². The van der Waals surface area contributed by atoms with Crippen molar-refractivity contribution < 1.29 is 22.5 Å². The molecule has 0 unspecified atom stereocenters. The summed E-state index contributed by atoms with van der Waals surface area (Å²) in [6.45, 7) is 0. The summed E-state index contributed by atoms with van der Waals surface area (Å²) in [5, 5.41) is 6.91. The summed E-state index contributed by atoms with van der Waals surface area (Å²) in [5.74, 6) is -0.321. The fraction of sp³-hybridized carbons (Fsp3) is 0.333. The SMILES string of the molecule is COC(=O)c1c(-c2ccccc2)noc1N[C@@H]1CCS(=O)(=O)C1. The van der Waals surface area contributed by atoms with E-state index in [1.807, 2.05) is 18.2 Å². The third-order valence-electron chi connectivity index (χ3n) is 3.70. The fourth-order valence-electron chi connectivity index (χ4n) is 2.57. The topological polar surface area (TPSA) is 98.5 Å². The van der Waals surface area contributed by atoms with Crippen LogP contribution in [0.3, 0.4) is 0 Å².